The van der Waals surface area contributed by atoms with Gasteiger partial charge in [0.05, 0.1) is 116 Å². The molecular weight excluding hydrogens is 769 g/mol. The average Bonchev–Trinajstić information content (AvgIpc) is 2.97. The van der Waals surface area contributed by atoms with E-state index >= 15 is 0 Å². The minimum Gasteiger partial charge on any atom is -0.278 e. The van der Waals surface area contributed by atoms with Crippen molar-refractivity contribution in [1.82, 2.24) is 0 Å². The van der Waals surface area contributed by atoms with Gasteiger partial charge in [-0.05, 0) is 0 Å². The summed E-state index contributed by atoms with van der Waals surface area (Å²) in [5.41, 5.74) is 0. The molecule has 4 aromatic rings. The largest absolute Gasteiger partial charge is 4.00 e. The molecule has 0 bridgehead atoms. The molecule has 4 rings (SSSR count). The topological polar surface area (TPSA) is 0 Å². The zero-order valence-corrected chi connectivity index (χ0v) is 21.7. The van der Waals surface area contributed by atoms with Gasteiger partial charge in [0, 0.05) is 0 Å². The smallest absolute Gasteiger partial charge is 0.278 e. The maximum atomic E-state index is 12.0. The Bertz CT molecular complexity index is 1320. The van der Waals surface area contributed by atoms with Crippen molar-refractivity contribution in [3.05, 3.63) is 141 Å². The average molecular weight is 769 g/mol. The molecule has 0 fully saturated rings. The summed E-state index contributed by atoms with van der Waals surface area (Å²) in [7, 11) is 0. The summed E-state index contributed by atoms with van der Waals surface area (Å²) < 4.78 is 239. The Kier molecular flexibility index (Phi) is 15.5. The maximum absolute atomic E-state index is 12.0. The molecule has 244 valence electrons. The van der Waals surface area contributed by atoms with Crippen LogP contribution >= 0.6 is 0 Å². The predicted molar refractivity (Wildman–Crippen MR) is 100 cm³/mol. The molecule has 0 unspecified atom stereocenters. The van der Waals surface area contributed by atoms with Crippen LogP contribution in [0.4, 0.5) is 87.8 Å². The molecule has 0 spiro atoms. The van der Waals surface area contributed by atoms with Gasteiger partial charge < -0.3 is 0 Å². The molecule has 0 aliphatic rings. The predicted octanol–water partition coefficient (Wildman–Crippen LogP) is 8.73. The van der Waals surface area contributed by atoms with Gasteiger partial charge in [-0.2, -0.15) is 0 Å². The third kappa shape index (κ3) is 10.1. The fraction of sp³-hybridized carbons (Fsp3) is 0. The molecule has 0 heterocycles. The summed E-state index contributed by atoms with van der Waals surface area (Å²) in [6.45, 7) is 0. The number of benzene rings is 4. The minimum absolute atomic E-state index is 0. The minimum atomic E-state index is -2.17. The fourth-order valence-corrected chi connectivity index (χ4v) is 1.98. The molecule has 0 aliphatic heterocycles. The zero-order chi connectivity index (χ0) is 34.4. The van der Waals surface area contributed by atoms with E-state index < -0.39 is 116 Å². The van der Waals surface area contributed by atoms with Crippen molar-refractivity contribution in [3.8, 4) is 0 Å². The third-order valence-corrected chi connectivity index (χ3v) is 3.96. The monoisotopic (exact) mass is 770 g/mol. The molecule has 0 radical (unpaired) electrons. The second-order valence-corrected chi connectivity index (χ2v) is 6.78. The van der Waals surface area contributed by atoms with Crippen LogP contribution in [0, 0.1) is 141 Å². The van der Waals surface area contributed by atoms with Gasteiger partial charge in [-0.3, -0.25) is 35.1 Å². The van der Waals surface area contributed by atoms with Gasteiger partial charge in [0.15, 0.2) is 0 Å². The van der Waals surface area contributed by atoms with Gasteiger partial charge in [-0.15, -0.1) is 24.3 Å². The number of hydrogen-bond acceptors (Lipinski definition) is 0. The first kappa shape index (κ1) is 41.1. The van der Waals surface area contributed by atoms with Gasteiger partial charge in [-0.25, -0.2) is 52.7 Å². The first-order valence-electron chi connectivity index (χ1n) is 9.78. The summed E-state index contributed by atoms with van der Waals surface area (Å²) in [5.74, 6) is -40.2. The van der Waals surface area contributed by atoms with Crippen molar-refractivity contribution in [2.75, 3.05) is 0 Å². The van der Waals surface area contributed by atoms with E-state index in [1.807, 2.05) is 0 Å². The van der Waals surface area contributed by atoms with Crippen molar-refractivity contribution in [3.63, 3.8) is 0 Å². The van der Waals surface area contributed by atoms with E-state index in [1.165, 1.54) is 0 Å². The second-order valence-electron chi connectivity index (χ2n) is 6.78. The van der Waals surface area contributed by atoms with Crippen molar-refractivity contribution in [2.24, 2.45) is 0 Å². The van der Waals surface area contributed by atoms with Gasteiger partial charge in [0.1, 0.15) is 0 Å². The normalized spacial score (nSPS) is 10.0. The number of rotatable bonds is 0. The Labute approximate surface area is 248 Å². The van der Waals surface area contributed by atoms with Gasteiger partial charge in [0.25, 0.3) is 0 Å². The second kappa shape index (κ2) is 17.0. The Morgan fingerprint density at radius 3 is 0.356 bits per heavy atom. The van der Waals surface area contributed by atoms with Crippen LogP contribution in [0.1, 0.15) is 0 Å². The summed E-state index contributed by atoms with van der Waals surface area (Å²) in [4.78, 5) is 0. The standard InChI is InChI=1S/4C6F5.Ru/c4*7-2-1-3(8)5(10)6(11)4(2)9;/q4*-1;+4. The quantitative estimate of drug-likeness (QED) is 0.0553. The first-order valence-corrected chi connectivity index (χ1v) is 9.78. The van der Waals surface area contributed by atoms with E-state index in [1.54, 1.807) is 0 Å². The Morgan fingerprint density at radius 1 is 0.178 bits per heavy atom. The van der Waals surface area contributed by atoms with Crippen LogP contribution in [0.3, 0.4) is 0 Å². The summed E-state index contributed by atoms with van der Waals surface area (Å²) in [6, 6.07) is 4.10. The van der Waals surface area contributed by atoms with Crippen molar-refractivity contribution in [1.29, 1.82) is 0 Å². The molecule has 0 aromatic heterocycles. The molecule has 0 aliphatic carbocycles. The molecule has 0 saturated heterocycles. The van der Waals surface area contributed by atoms with Crippen LogP contribution in [0.25, 0.3) is 0 Å². The van der Waals surface area contributed by atoms with E-state index in [0.29, 0.717) is 0 Å². The van der Waals surface area contributed by atoms with Crippen molar-refractivity contribution in [2.45, 2.75) is 0 Å². The Morgan fingerprint density at radius 2 is 0.267 bits per heavy atom. The fourth-order valence-electron chi connectivity index (χ4n) is 1.98. The number of halogens is 20. The first-order chi connectivity index (χ1) is 20.1. The molecule has 4 aromatic carbocycles. The summed E-state index contributed by atoms with van der Waals surface area (Å²) in [5, 5.41) is 0. The zero-order valence-electron chi connectivity index (χ0n) is 19.9. The number of hydrogen-bond donors (Lipinski definition) is 0. The molecule has 21 heteroatoms. The van der Waals surface area contributed by atoms with Crippen LogP contribution in [0.2, 0.25) is 0 Å². The van der Waals surface area contributed by atoms with Gasteiger partial charge >= 0.3 is 19.5 Å². The molecule has 0 nitrogen and oxygen atoms in total. The molecule has 0 atom stereocenters. The van der Waals surface area contributed by atoms with E-state index in [0.717, 1.165) is 24.3 Å². The summed E-state index contributed by atoms with van der Waals surface area (Å²) in [6.07, 6.45) is 0. The van der Waals surface area contributed by atoms with Crippen LogP contribution in [-0.2, 0) is 19.5 Å². The van der Waals surface area contributed by atoms with Crippen LogP contribution < -0.4 is 0 Å². The Hall–Kier alpha value is -3.90. The Balaban J connectivity index is 0.000000569. The van der Waals surface area contributed by atoms with Crippen LogP contribution in [0.5, 0.6) is 0 Å². The van der Waals surface area contributed by atoms with Gasteiger partial charge in [0.2, 0.25) is 0 Å². The maximum Gasteiger partial charge on any atom is 4.00 e. The molecule has 0 saturated carbocycles. The molecule has 45 heavy (non-hydrogen) atoms. The van der Waals surface area contributed by atoms with Gasteiger partial charge in [-0.1, -0.05) is 0 Å². The third-order valence-electron chi connectivity index (χ3n) is 3.96. The summed E-state index contributed by atoms with van der Waals surface area (Å²) >= 11 is 0. The van der Waals surface area contributed by atoms with Crippen LogP contribution in [0.15, 0.2) is 0 Å². The van der Waals surface area contributed by atoms with Crippen LogP contribution in [-0.4, -0.2) is 0 Å². The van der Waals surface area contributed by atoms with E-state index in [-0.39, 0.29) is 19.5 Å². The van der Waals surface area contributed by atoms with E-state index in [4.69, 9.17) is 0 Å². The molecule has 0 N–H and O–H groups in total. The SMILES string of the molecule is Fc1[c-]c(F)c(F)c(F)c1F.Fc1[c-]c(F)c(F)c(F)c1F.Fc1[c-]c(F)c(F)c(F)c1F.Fc1[c-]c(F)c(F)c(F)c1F.[Ru+4]. The van der Waals surface area contributed by atoms with E-state index in [2.05, 4.69) is 0 Å². The molecular formula is C24F20Ru. The van der Waals surface area contributed by atoms with Crippen molar-refractivity contribution < 1.29 is 107 Å². The van der Waals surface area contributed by atoms with Crippen molar-refractivity contribution >= 4 is 0 Å². The molecule has 0 amide bonds. The van der Waals surface area contributed by atoms with E-state index in [9.17, 15) is 87.8 Å².